The standard InChI is InChI=1S/C13H9.C12H11Si.C7H7NO.2ClH.Hf/c1-3-7-12-10(5-1)9-11-6-2-4-8-13(11)12;1-3-7-11(8-4-1)13-12-9-5-2-6-10-12;8-7(9)6-4-2-1-3-5-6;;;/h1-5,7-8H,9H2;1-10,13H;1-5H,(H2,8,9);2*1H;/q;;;;;+3/p-3. The van der Waals surface area contributed by atoms with Crippen LogP contribution in [0.4, 0.5) is 0 Å². The molecule has 5 aromatic rings. The van der Waals surface area contributed by atoms with E-state index in [1.165, 1.54) is 11.1 Å². The first-order valence-electron chi connectivity index (χ1n) is 12.7. The number of carbonyl (C=O) groups is 1. The molecule has 0 heterocycles. The van der Waals surface area contributed by atoms with Crippen molar-refractivity contribution in [3.8, 4) is 11.1 Å². The quantitative estimate of drug-likeness (QED) is 0.218. The van der Waals surface area contributed by atoms with E-state index in [1.54, 1.807) is 0 Å². The number of amides is 1. The fourth-order valence-electron chi connectivity index (χ4n) is 5.82. The van der Waals surface area contributed by atoms with Gasteiger partial charge in [0.25, 0.3) is 0 Å². The molecule has 187 valence electrons. The molecule has 1 aliphatic carbocycles. The molecule has 2 nitrogen and oxygen atoms in total. The van der Waals surface area contributed by atoms with E-state index in [-0.39, 0.29) is 5.91 Å². The zero-order valence-corrected chi connectivity index (χ0v) is 26.9. The van der Waals surface area contributed by atoms with E-state index in [0.29, 0.717) is 5.56 Å². The summed E-state index contributed by atoms with van der Waals surface area (Å²) in [4.78, 5) is 13.9. The zero-order valence-electron chi connectivity index (χ0n) is 20.7. The second-order valence-corrected chi connectivity index (χ2v) is 58.7. The van der Waals surface area contributed by atoms with Crippen LogP contribution in [0.25, 0.3) is 11.1 Å². The molecule has 0 saturated carbocycles. The number of hydrogen-bond donors (Lipinski definition) is 1. The van der Waals surface area contributed by atoms with E-state index in [0.717, 1.165) is 31.2 Å². The Morgan fingerprint density at radius 2 is 1.16 bits per heavy atom. The molecule has 6 heteroatoms. The zero-order chi connectivity index (χ0) is 26.2. The summed E-state index contributed by atoms with van der Waals surface area (Å²) in [5.41, 5.74) is 5.33. The van der Waals surface area contributed by atoms with Crippen molar-refractivity contribution in [3.05, 3.63) is 150 Å². The molecule has 0 atom stereocenters. The Balaban J connectivity index is 1.63. The molecule has 6 rings (SSSR count). The molecule has 0 unspecified atom stereocenters. The van der Waals surface area contributed by atoms with Crippen LogP contribution in [0.5, 0.6) is 0 Å². The van der Waals surface area contributed by atoms with E-state index >= 15 is 0 Å². The van der Waals surface area contributed by atoms with Gasteiger partial charge in [0.2, 0.25) is 0 Å². The van der Waals surface area contributed by atoms with Crippen LogP contribution >= 0.6 is 17.2 Å². The fourth-order valence-corrected chi connectivity index (χ4v) is 57.4. The fraction of sp³-hybridized carbons (Fsp3) is 0.0312. The van der Waals surface area contributed by atoms with E-state index in [1.807, 2.05) is 72.8 Å². The number of fused-ring (bicyclic) bond motifs is 3. The third-order valence-electron chi connectivity index (χ3n) is 7.50. The number of carbonyl (C=O) groups excluding carboxylic acids is 1. The molecule has 1 amide bonds. The summed E-state index contributed by atoms with van der Waals surface area (Å²) in [6.45, 7) is 0. The first-order valence-corrected chi connectivity index (χ1v) is 33.2. The number of rotatable bonds is 6. The maximum atomic E-state index is 13.9. The molecule has 1 N–H and O–H groups in total. The van der Waals surface area contributed by atoms with E-state index in [4.69, 9.17) is 17.2 Å². The first-order chi connectivity index (χ1) is 18.4. The van der Waals surface area contributed by atoms with Crippen molar-refractivity contribution in [1.82, 2.24) is 3.30 Å². The topological polar surface area (TPSA) is 29.1 Å². The van der Waals surface area contributed by atoms with Gasteiger partial charge < -0.3 is 0 Å². The Kier molecular flexibility index (Phi) is 6.77. The summed E-state index contributed by atoms with van der Waals surface area (Å²) in [6, 6.07) is 44.6. The second-order valence-electron chi connectivity index (χ2n) is 9.82. The molecular formula is C32H26Cl2HfNOSi. The third-order valence-corrected chi connectivity index (χ3v) is 55.7. The summed E-state index contributed by atoms with van der Waals surface area (Å²) >= 11 is -5.63. The van der Waals surface area contributed by atoms with Crippen molar-refractivity contribution in [2.75, 3.05) is 0 Å². The Morgan fingerprint density at radius 3 is 1.79 bits per heavy atom. The number of benzene rings is 5. The minimum atomic E-state index is -5.63. The van der Waals surface area contributed by atoms with Crippen LogP contribution in [-0.2, 0) is 22.0 Å². The average Bonchev–Trinajstić information content (AvgIpc) is 3.33. The van der Waals surface area contributed by atoms with Gasteiger partial charge in [-0.1, -0.05) is 0 Å². The van der Waals surface area contributed by atoms with Gasteiger partial charge in [0, 0.05) is 0 Å². The van der Waals surface area contributed by atoms with Gasteiger partial charge in [-0.05, 0) is 0 Å². The predicted molar refractivity (Wildman–Crippen MR) is 159 cm³/mol. The van der Waals surface area contributed by atoms with Crippen LogP contribution in [0.2, 0.25) is 0 Å². The van der Waals surface area contributed by atoms with Crippen molar-refractivity contribution >= 4 is 42.7 Å². The molecule has 0 saturated heterocycles. The van der Waals surface area contributed by atoms with Gasteiger partial charge in [-0.2, -0.15) is 0 Å². The molecule has 0 aromatic heterocycles. The van der Waals surface area contributed by atoms with E-state index in [9.17, 15) is 4.79 Å². The number of hydrogen-bond acceptors (Lipinski definition) is 1. The Labute approximate surface area is 232 Å². The minimum absolute atomic E-state index is 0.219. The summed E-state index contributed by atoms with van der Waals surface area (Å²) in [6.07, 6.45) is 0.749. The van der Waals surface area contributed by atoms with Crippen molar-refractivity contribution in [2.24, 2.45) is 0 Å². The number of halogens is 2. The Bertz CT molecular complexity index is 1590. The van der Waals surface area contributed by atoms with Crippen LogP contribution in [0.1, 0.15) is 21.5 Å². The molecule has 0 bridgehead atoms. The monoisotopic (exact) mass is 718 g/mol. The average molecular weight is 718 g/mol. The predicted octanol–water partition coefficient (Wildman–Crippen LogP) is 5.76. The number of nitrogens with one attached hydrogen (secondary N) is 1. The van der Waals surface area contributed by atoms with Gasteiger partial charge >= 0.3 is 234 Å². The molecular weight excluding hydrogens is 692 g/mol. The van der Waals surface area contributed by atoms with Crippen LogP contribution in [0.15, 0.2) is 133 Å². The van der Waals surface area contributed by atoms with Crippen molar-refractivity contribution in [1.29, 1.82) is 0 Å². The van der Waals surface area contributed by atoms with E-state index < -0.39 is 21.6 Å². The molecule has 38 heavy (non-hydrogen) atoms. The van der Waals surface area contributed by atoms with Gasteiger partial charge in [0.15, 0.2) is 0 Å². The van der Waals surface area contributed by atoms with Gasteiger partial charge in [-0.15, -0.1) is 0 Å². The van der Waals surface area contributed by atoms with Gasteiger partial charge in [-0.25, -0.2) is 0 Å². The van der Waals surface area contributed by atoms with Crippen molar-refractivity contribution in [2.45, 2.75) is 6.42 Å². The normalized spacial score (nSPS) is 13.3. The molecule has 0 aliphatic heterocycles. The van der Waals surface area contributed by atoms with Crippen LogP contribution in [-0.4, -0.2) is 11.9 Å². The molecule has 0 radical (unpaired) electrons. The first kappa shape index (κ1) is 25.5. The molecule has 5 aromatic carbocycles. The summed E-state index contributed by atoms with van der Waals surface area (Å²) in [5, 5.41) is 2.25. The van der Waals surface area contributed by atoms with Gasteiger partial charge in [-0.3, -0.25) is 0 Å². The van der Waals surface area contributed by atoms with Crippen molar-refractivity contribution < 1.29 is 20.4 Å². The summed E-state index contributed by atoms with van der Waals surface area (Å²) in [7, 11) is 16.3. The Morgan fingerprint density at radius 1 is 0.632 bits per heavy atom. The van der Waals surface area contributed by atoms with Gasteiger partial charge in [0.05, 0.1) is 0 Å². The van der Waals surface area contributed by atoms with Crippen LogP contribution in [0, 0.1) is 0 Å². The SMILES string of the molecule is O=C([NH][Hf]([Cl])([Cl])([c]1cccc2c1Cc1ccccc1-2)[SiH](c1ccccc1)c1ccccc1)c1ccccc1. The Hall–Kier alpha value is -2.76. The van der Waals surface area contributed by atoms with Crippen molar-refractivity contribution in [3.63, 3.8) is 0 Å². The summed E-state index contributed by atoms with van der Waals surface area (Å²) < 4.78 is 4.38. The summed E-state index contributed by atoms with van der Waals surface area (Å²) in [5.74, 6) is -2.63. The van der Waals surface area contributed by atoms with Crippen LogP contribution < -0.4 is 17.0 Å². The second kappa shape index (κ2) is 10.1. The van der Waals surface area contributed by atoms with E-state index in [2.05, 4.69) is 64.0 Å². The molecule has 0 fully saturated rings. The molecule has 1 aliphatic rings. The van der Waals surface area contributed by atoms with Gasteiger partial charge in [0.1, 0.15) is 0 Å². The molecule has 0 spiro atoms. The third kappa shape index (κ3) is 4.44. The van der Waals surface area contributed by atoms with Crippen LogP contribution in [0.3, 0.4) is 0 Å². The maximum absolute atomic E-state index is 13.9.